The van der Waals surface area contributed by atoms with Gasteiger partial charge in [-0.05, 0) is 38.0 Å². The van der Waals surface area contributed by atoms with Gasteiger partial charge in [-0.25, -0.2) is 9.18 Å². The zero-order valence-electron chi connectivity index (χ0n) is 17.2. The number of fused-ring (bicyclic) bond motifs is 1. The molecule has 0 fully saturated rings. The van der Waals surface area contributed by atoms with Gasteiger partial charge in [0.15, 0.2) is 5.78 Å². The Morgan fingerprint density at radius 1 is 1.30 bits per heavy atom. The first-order chi connectivity index (χ1) is 14.3. The molecule has 3 N–H and O–H groups in total. The van der Waals surface area contributed by atoms with Crippen molar-refractivity contribution in [2.45, 2.75) is 51.4 Å². The second kappa shape index (κ2) is 10.6. The quantitative estimate of drug-likeness (QED) is 0.381. The van der Waals surface area contributed by atoms with Gasteiger partial charge < -0.3 is 25.2 Å². The molecular formula is C21H26FN3O5. The number of Topliss-reactive ketones (excluding diaryl/α,β-unsaturated/α-hetero) is 1. The van der Waals surface area contributed by atoms with Gasteiger partial charge in [-0.3, -0.25) is 9.59 Å². The van der Waals surface area contributed by atoms with E-state index in [-0.39, 0.29) is 19.3 Å². The number of nitrogens with one attached hydrogen (secondary N) is 3. The molecule has 30 heavy (non-hydrogen) atoms. The molecule has 1 amide bonds. The number of H-pyrrole nitrogens is 1. The average Bonchev–Trinajstić information content (AvgIpc) is 3.12. The van der Waals surface area contributed by atoms with Crippen LogP contribution in [0.2, 0.25) is 0 Å². The van der Waals surface area contributed by atoms with Gasteiger partial charge in [-0.2, -0.15) is 0 Å². The summed E-state index contributed by atoms with van der Waals surface area (Å²) in [5.74, 6) is -2.15. The van der Waals surface area contributed by atoms with Gasteiger partial charge in [-0.15, -0.1) is 0 Å². The van der Waals surface area contributed by atoms with Crippen LogP contribution in [0.25, 0.3) is 10.9 Å². The molecule has 2 rings (SSSR count). The van der Waals surface area contributed by atoms with Crippen LogP contribution in [-0.2, 0) is 30.3 Å². The molecular weight excluding hydrogens is 393 g/mol. The zero-order valence-corrected chi connectivity index (χ0v) is 17.2. The highest BCUT2D eigenvalue weighted by atomic mass is 19.1. The van der Waals surface area contributed by atoms with Crippen molar-refractivity contribution in [3.63, 3.8) is 0 Å². The molecule has 0 aliphatic rings. The molecule has 2 atom stereocenters. The number of amides is 1. The van der Waals surface area contributed by atoms with E-state index < -0.39 is 41.7 Å². The molecule has 1 aromatic heterocycles. The van der Waals surface area contributed by atoms with Crippen LogP contribution in [0.3, 0.4) is 0 Å². The minimum atomic E-state index is -1.07. The van der Waals surface area contributed by atoms with Crippen LogP contribution in [0.4, 0.5) is 4.39 Å². The number of ether oxygens (including phenoxy) is 2. The first kappa shape index (κ1) is 23.2. The number of carbonyl (C=O) groups excluding carboxylic acids is 3. The van der Waals surface area contributed by atoms with E-state index in [9.17, 15) is 18.8 Å². The van der Waals surface area contributed by atoms with Crippen molar-refractivity contribution >= 4 is 34.8 Å². The molecule has 1 heterocycles. The number of hydrogen-bond acceptors (Lipinski definition) is 6. The fraction of sp³-hybridized carbons (Fsp3) is 0.429. The lowest BCUT2D eigenvalue weighted by atomic mass is 10.0. The monoisotopic (exact) mass is 419 g/mol. The summed E-state index contributed by atoms with van der Waals surface area (Å²) >= 11 is 0. The number of benzene rings is 1. The van der Waals surface area contributed by atoms with Gasteiger partial charge in [0.1, 0.15) is 18.0 Å². The molecule has 1 aromatic carbocycles. The number of methoxy groups -OCH3 is 1. The summed E-state index contributed by atoms with van der Waals surface area (Å²) in [7, 11) is 1.34. The molecule has 2 aromatic rings. The number of aromatic amines is 1. The highest BCUT2D eigenvalue weighted by Gasteiger charge is 2.28. The number of halogens is 1. The van der Waals surface area contributed by atoms with Crippen molar-refractivity contribution in [3.8, 4) is 0 Å². The van der Waals surface area contributed by atoms with Gasteiger partial charge in [-0.1, -0.05) is 6.07 Å². The summed E-state index contributed by atoms with van der Waals surface area (Å²) in [6.45, 7) is 3.34. The molecule has 0 bridgehead atoms. The third-order valence-electron chi connectivity index (χ3n) is 4.51. The Labute approximate surface area is 173 Å². The molecule has 8 nitrogen and oxygen atoms in total. The molecule has 162 valence electrons. The van der Waals surface area contributed by atoms with E-state index in [1.165, 1.54) is 13.2 Å². The summed E-state index contributed by atoms with van der Waals surface area (Å²) in [4.78, 5) is 39.5. The van der Waals surface area contributed by atoms with Gasteiger partial charge in [0.25, 0.3) is 0 Å². The Kier molecular flexibility index (Phi) is 8.23. The molecule has 0 saturated carbocycles. The highest BCUT2D eigenvalue weighted by molar-refractivity contribution is 6.26. The van der Waals surface area contributed by atoms with Crippen molar-refractivity contribution in [2.24, 2.45) is 0 Å². The van der Waals surface area contributed by atoms with Crippen LogP contribution in [0.5, 0.6) is 0 Å². The molecule has 0 saturated heterocycles. The maximum atomic E-state index is 14.2. The van der Waals surface area contributed by atoms with Gasteiger partial charge in [0, 0.05) is 37.1 Å². The average molecular weight is 419 g/mol. The summed E-state index contributed by atoms with van der Waals surface area (Å²) in [5.41, 5.74) is 1.16. The van der Waals surface area contributed by atoms with E-state index in [0.717, 1.165) is 0 Å². The Hall–Kier alpha value is -3.07. The van der Waals surface area contributed by atoms with Crippen molar-refractivity contribution in [2.75, 3.05) is 7.11 Å². The predicted molar refractivity (Wildman–Crippen MR) is 109 cm³/mol. The van der Waals surface area contributed by atoms with E-state index in [0.29, 0.717) is 22.7 Å². The lowest BCUT2D eigenvalue weighted by Gasteiger charge is -2.22. The fourth-order valence-corrected chi connectivity index (χ4v) is 3.04. The Balaban J connectivity index is 2.15. The minimum Gasteiger partial charge on any atom is -0.461 e. The standard InChI is InChI=1S/C21H26FN3O5/c1-12(2)30-21(28)17(8-7-14(26)10-23)25-20(27)18(29-3)9-13-11-24-16-6-4-5-15(22)19(13)16/h4-6,10-12,17-18,23-24H,7-9H2,1-3H3,(H,25,27)/t17-,18-/m0/s1. The van der Waals surface area contributed by atoms with Crippen LogP contribution < -0.4 is 5.32 Å². The van der Waals surface area contributed by atoms with Gasteiger partial charge >= 0.3 is 5.97 Å². The van der Waals surface area contributed by atoms with E-state index in [1.54, 1.807) is 32.2 Å². The van der Waals surface area contributed by atoms with E-state index >= 15 is 0 Å². The topological polar surface area (TPSA) is 121 Å². The number of aromatic nitrogens is 1. The Morgan fingerprint density at radius 3 is 2.67 bits per heavy atom. The highest BCUT2D eigenvalue weighted by Crippen LogP contribution is 2.23. The summed E-state index contributed by atoms with van der Waals surface area (Å²) in [5, 5.41) is 9.91. The molecule has 9 heteroatoms. The van der Waals surface area contributed by atoms with Gasteiger partial charge in [0.2, 0.25) is 5.91 Å². The number of carbonyl (C=O) groups is 3. The lowest BCUT2D eigenvalue weighted by Crippen LogP contribution is -2.48. The summed E-state index contributed by atoms with van der Waals surface area (Å²) < 4.78 is 24.6. The van der Waals surface area contributed by atoms with Gasteiger partial charge in [0.05, 0.1) is 12.3 Å². The predicted octanol–water partition coefficient (Wildman–Crippen LogP) is 2.30. The molecule has 0 spiro atoms. The first-order valence-electron chi connectivity index (χ1n) is 9.58. The molecule has 0 aliphatic carbocycles. The minimum absolute atomic E-state index is 0.0103. The van der Waals surface area contributed by atoms with Crippen LogP contribution in [-0.4, -0.2) is 54.2 Å². The summed E-state index contributed by atoms with van der Waals surface area (Å²) in [6.07, 6.45) is 0.862. The maximum absolute atomic E-state index is 14.2. The molecule has 0 unspecified atom stereocenters. The van der Waals surface area contributed by atoms with Crippen LogP contribution >= 0.6 is 0 Å². The van der Waals surface area contributed by atoms with Crippen LogP contribution in [0.1, 0.15) is 32.3 Å². The van der Waals surface area contributed by atoms with Crippen LogP contribution in [0, 0.1) is 11.2 Å². The fourth-order valence-electron chi connectivity index (χ4n) is 3.04. The first-order valence-corrected chi connectivity index (χ1v) is 9.58. The van der Waals surface area contributed by atoms with Crippen molar-refractivity contribution in [3.05, 3.63) is 35.8 Å². The lowest BCUT2D eigenvalue weighted by molar-refractivity contribution is -0.152. The van der Waals surface area contributed by atoms with E-state index in [2.05, 4.69) is 10.3 Å². The summed E-state index contributed by atoms with van der Waals surface area (Å²) in [6, 6.07) is 3.57. The second-order valence-corrected chi connectivity index (χ2v) is 7.10. The smallest absolute Gasteiger partial charge is 0.328 e. The van der Waals surface area contributed by atoms with Crippen molar-refractivity contribution in [1.82, 2.24) is 10.3 Å². The zero-order chi connectivity index (χ0) is 22.3. The number of esters is 1. The maximum Gasteiger partial charge on any atom is 0.328 e. The number of ketones is 1. The third-order valence-corrected chi connectivity index (χ3v) is 4.51. The molecule has 0 aliphatic heterocycles. The number of hydrogen-bond donors (Lipinski definition) is 3. The SMILES string of the molecule is CO[C@@H](Cc1c[nH]c2cccc(F)c12)C(=O)N[C@@H](CCC(=O)C=N)C(=O)OC(C)C. The number of rotatable bonds is 11. The Morgan fingerprint density at radius 2 is 2.03 bits per heavy atom. The van der Waals surface area contributed by atoms with Crippen molar-refractivity contribution < 1.29 is 28.2 Å². The second-order valence-electron chi connectivity index (χ2n) is 7.10. The Bertz CT molecular complexity index is 925. The molecule has 0 radical (unpaired) electrons. The third kappa shape index (κ3) is 5.96. The van der Waals surface area contributed by atoms with E-state index in [4.69, 9.17) is 14.9 Å². The normalized spacial score (nSPS) is 13.1. The largest absolute Gasteiger partial charge is 0.461 e. The van der Waals surface area contributed by atoms with E-state index in [1.807, 2.05) is 0 Å². The van der Waals surface area contributed by atoms with Crippen LogP contribution in [0.15, 0.2) is 24.4 Å². The van der Waals surface area contributed by atoms with Crippen molar-refractivity contribution in [1.29, 1.82) is 5.41 Å².